The molecule has 49 heavy (non-hydrogen) atoms. The van der Waals surface area contributed by atoms with Gasteiger partial charge in [-0.15, -0.1) is 20.5 Å². The van der Waals surface area contributed by atoms with Crippen LogP contribution in [0.5, 0.6) is 0 Å². The number of rotatable bonds is 6. The molecule has 6 rings (SSSR count). The van der Waals surface area contributed by atoms with Gasteiger partial charge in [-0.3, -0.25) is 0 Å². The summed E-state index contributed by atoms with van der Waals surface area (Å²) in [5.74, 6) is 0. The summed E-state index contributed by atoms with van der Waals surface area (Å²) in [6.07, 6.45) is 10.3. The molecule has 266 valence electrons. The van der Waals surface area contributed by atoms with E-state index >= 15 is 0 Å². The van der Waals surface area contributed by atoms with Crippen LogP contribution >= 0.6 is 0 Å². The predicted octanol–water partition coefficient (Wildman–Crippen LogP) is -6.01. The van der Waals surface area contributed by atoms with E-state index < -0.39 is 20.5 Å². The third kappa shape index (κ3) is 12.1. The first-order chi connectivity index (χ1) is 22.4. The van der Waals surface area contributed by atoms with Gasteiger partial charge in [-0.2, -0.15) is 30.6 Å². The maximum absolute atomic E-state index is 8.49. The van der Waals surface area contributed by atoms with Crippen LogP contribution in [0.25, 0.3) is 0 Å². The summed E-state index contributed by atoms with van der Waals surface area (Å²) in [7, 11) is -9.89. The van der Waals surface area contributed by atoms with Crippen LogP contribution in [0.2, 0.25) is 0 Å². The Balaban J connectivity index is 0.000000264. The van der Waals surface area contributed by atoms with E-state index in [9.17, 15) is 0 Å². The number of aryl methyl sites for hydroxylation is 6. The SMILES string of the molecule is Cc1ccnn1C(n1nccc1C)n1nccc1C.Cc1ccnn1C(n1nccc1C)n1nccc1C.[Fe+2].[O-][Cl+3]([O-])([O-])[O-].[O-][Cl+3]([O-])([O-])[O-]. The summed E-state index contributed by atoms with van der Waals surface area (Å²) in [5.41, 5.74) is 6.39. The molecule has 0 spiro atoms. The second-order valence-corrected chi connectivity index (χ2v) is 11.5. The molecule has 23 heteroatoms. The average Bonchev–Trinajstić information content (AvgIpc) is 3.81. The van der Waals surface area contributed by atoms with Crippen molar-refractivity contribution < 1.29 is 74.8 Å². The van der Waals surface area contributed by atoms with Gasteiger partial charge in [-0.25, -0.2) is 65.4 Å². The van der Waals surface area contributed by atoms with Crippen molar-refractivity contribution in [1.29, 1.82) is 0 Å². The predicted molar refractivity (Wildman–Crippen MR) is 141 cm³/mol. The van der Waals surface area contributed by atoms with Crippen molar-refractivity contribution in [3.05, 3.63) is 108 Å². The molecule has 0 fully saturated rings. The molecular formula is C26H32Cl2FeN12O8. The minimum atomic E-state index is -4.94. The third-order valence-corrected chi connectivity index (χ3v) is 6.52. The quantitative estimate of drug-likeness (QED) is 0.143. The van der Waals surface area contributed by atoms with E-state index in [1.165, 1.54) is 0 Å². The Morgan fingerprint density at radius 2 is 0.490 bits per heavy atom. The maximum Gasteiger partial charge on any atom is 2.00 e. The molecule has 0 bridgehead atoms. The molecular weight excluding hydrogens is 735 g/mol. The van der Waals surface area contributed by atoms with Gasteiger partial charge in [0.25, 0.3) is 0 Å². The van der Waals surface area contributed by atoms with Gasteiger partial charge >= 0.3 is 17.1 Å². The topological polar surface area (TPSA) is 291 Å². The molecule has 0 saturated heterocycles. The molecule has 6 aromatic heterocycles. The Kier molecular flexibility index (Phi) is 14.8. The standard InChI is InChI=1S/2C13H16N6.2ClHO4.Fe/c2*1-10-4-7-14-17(10)13(18-11(2)5-8-15-18)19-12(3)6-9-16-19;2*2-1(3,4)5;/h2*4-9,13H,1-3H3;2*(H,2,3,4,5);/q;;;;+2/p-2. The Morgan fingerprint density at radius 3 is 0.571 bits per heavy atom. The first-order valence-corrected chi connectivity index (χ1v) is 16.1. The number of halogens is 2. The smallest absolute Gasteiger partial charge is 0.225 e. The normalized spacial score (nSPS) is 11.3. The molecule has 0 radical (unpaired) electrons. The Morgan fingerprint density at radius 1 is 0.367 bits per heavy atom. The second-order valence-electron chi connectivity index (χ2n) is 9.95. The van der Waals surface area contributed by atoms with Crippen molar-refractivity contribution in [3.63, 3.8) is 0 Å². The first kappa shape index (κ1) is 41.2. The summed E-state index contributed by atoms with van der Waals surface area (Å²) in [5, 5.41) is 26.4. The molecule has 0 aliphatic heterocycles. The Hall–Kier alpha value is -3.96. The van der Waals surface area contributed by atoms with Crippen LogP contribution in [0.15, 0.2) is 73.6 Å². The maximum atomic E-state index is 8.49. The fraction of sp³-hybridized carbons (Fsp3) is 0.308. The Labute approximate surface area is 294 Å². The second kappa shape index (κ2) is 17.6. The van der Waals surface area contributed by atoms with Gasteiger partial charge < -0.3 is 0 Å². The van der Waals surface area contributed by atoms with Crippen molar-refractivity contribution >= 4 is 0 Å². The molecule has 0 aliphatic carbocycles. The van der Waals surface area contributed by atoms with Crippen LogP contribution in [-0.4, -0.2) is 58.7 Å². The van der Waals surface area contributed by atoms with Crippen LogP contribution in [0.3, 0.4) is 0 Å². The summed E-state index contributed by atoms with van der Waals surface area (Å²) >= 11 is 0. The van der Waals surface area contributed by atoms with E-state index in [0.29, 0.717) is 0 Å². The zero-order valence-corrected chi connectivity index (χ0v) is 29.4. The van der Waals surface area contributed by atoms with Crippen molar-refractivity contribution in [1.82, 2.24) is 58.7 Å². The first-order valence-electron chi connectivity index (χ1n) is 13.6. The average molecular weight is 767 g/mol. The molecule has 0 aliphatic rings. The number of nitrogens with zero attached hydrogens (tertiary/aromatic N) is 12. The zero-order chi connectivity index (χ0) is 35.8. The zero-order valence-electron chi connectivity index (χ0n) is 26.8. The molecule has 0 atom stereocenters. The fourth-order valence-corrected chi connectivity index (χ4v) is 4.35. The van der Waals surface area contributed by atoms with Gasteiger partial charge in [-0.05, 0) is 77.9 Å². The van der Waals surface area contributed by atoms with Crippen molar-refractivity contribution in [2.45, 2.75) is 54.1 Å². The summed E-state index contributed by atoms with van der Waals surface area (Å²) < 4.78 is 79.4. The van der Waals surface area contributed by atoms with Crippen LogP contribution in [0.1, 0.15) is 46.7 Å². The molecule has 0 N–H and O–H groups in total. The summed E-state index contributed by atoms with van der Waals surface area (Å²) in [6, 6.07) is 11.9. The van der Waals surface area contributed by atoms with Crippen LogP contribution in [0, 0.1) is 62.0 Å². The van der Waals surface area contributed by atoms with E-state index in [0.717, 1.165) is 34.2 Å². The minimum absolute atomic E-state index is 0. The van der Waals surface area contributed by atoms with E-state index in [1.807, 2.05) is 106 Å². The molecule has 6 aromatic rings. The largest absolute Gasteiger partial charge is 2.00 e. The molecule has 0 saturated carbocycles. The van der Waals surface area contributed by atoms with Gasteiger partial charge in [0.1, 0.15) is 0 Å². The molecule has 0 aromatic carbocycles. The fourth-order valence-electron chi connectivity index (χ4n) is 4.35. The number of aromatic nitrogens is 12. The van der Waals surface area contributed by atoms with Crippen molar-refractivity contribution in [2.75, 3.05) is 0 Å². The van der Waals surface area contributed by atoms with Gasteiger partial charge in [0, 0.05) is 71.3 Å². The number of hydrogen-bond donors (Lipinski definition) is 0. The molecule has 0 unspecified atom stereocenters. The van der Waals surface area contributed by atoms with Crippen molar-refractivity contribution in [3.8, 4) is 0 Å². The Bertz CT molecular complexity index is 1520. The molecule has 6 heterocycles. The van der Waals surface area contributed by atoms with Crippen LogP contribution in [0.4, 0.5) is 0 Å². The minimum Gasteiger partial charge on any atom is -0.225 e. The van der Waals surface area contributed by atoms with Crippen molar-refractivity contribution in [2.24, 2.45) is 0 Å². The van der Waals surface area contributed by atoms with Crippen LogP contribution in [-0.2, 0) is 17.1 Å². The van der Waals surface area contributed by atoms with Crippen LogP contribution < -0.4 is 37.3 Å². The number of hydrogen-bond acceptors (Lipinski definition) is 14. The van der Waals surface area contributed by atoms with E-state index in [1.54, 1.807) is 37.2 Å². The third-order valence-electron chi connectivity index (χ3n) is 6.52. The molecule has 20 nitrogen and oxygen atoms in total. The monoisotopic (exact) mass is 766 g/mol. The molecule has 0 amide bonds. The van der Waals surface area contributed by atoms with E-state index in [-0.39, 0.29) is 29.6 Å². The van der Waals surface area contributed by atoms with E-state index in [2.05, 4.69) is 30.6 Å². The van der Waals surface area contributed by atoms with Gasteiger partial charge in [-0.1, -0.05) is 0 Å². The van der Waals surface area contributed by atoms with E-state index in [4.69, 9.17) is 37.3 Å². The van der Waals surface area contributed by atoms with Gasteiger partial charge in [0.05, 0.1) is 0 Å². The van der Waals surface area contributed by atoms with Gasteiger partial charge in [0.2, 0.25) is 12.6 Å². The summed E-state index contributed by atoms with van der Waals surface area (Å²) in [4.78, 5) is 0. The summed E-state index contributed by atoms with van der Waals surface area (Å²) in [6.45, 7) is 12.2. The van der Waals surface area contributed by atoms with Gasteiger partial charge in [0.15, 0.2) is 0 Å².